The van der Waals surface area contributed by atoms with E-state index in [9.17, 15) is 4.79 Å². The average molecular weight is 232 g/mol. The fourth-order valence-electron chi connectivity index (χ4n) is 2.22. The van der Waals surface area contributed by atoms with Crippen LogP contribution in [-0.2, 0) is 6.54 Å². The fraction of sp³-hybridized carbons (Fsp3) is 0.500. The van der Waals surface area contributed by atoms with Crippen molar-refractivity contribution >= 4 is 5.91 Å². The van der Waals surface area contributed by atoms with Gasteiger partial charge in [-0.2, -0.15) is 0 Å². The molecule has 1 aliphatic rings. The summed E-state index contributed by atoms with van der Waals surface area (Å²) in [7, 11) is 0. The Bertz CT molecular complexity index is 386. The molecule has 0 spiro atoms. The number of benzene rings is 1. The maximum absolute atomic E-state index is 10.9. The van der Waals surface area contributed by atoms with Gasteiger partial charge in [0.25, 0.3) is 0 Å². The van der Waals surface area contributed by atoms with Crippen molar-refractivity contribution in [2.24, 2.45) is 11.7 Å². The summed E-state index contributed by atoms with van der Waals surface area (Å²) in [4.78, 5) is 10.9. The summed E-state index contributed by atoms with van der Waals surface area (Å²) >= 11 is 0. The van der Waals surface area contributed by atoms with Crippen molar-refractivity contribution < 1.29 is 4.79 Å². The van der Waals surface area contributed by atoms with Gasteiger partial charge in [0.1, 0.15) is 0 Å². The Hall–Kier alpha value is -1.35. The molecule has 1 aromatic carbocycles. The predicted molar refractivity (Wildman–Crippen MR) is 68.6 cm³/mol. The zero-order chi connectivity index (χ0) is 12.3. The van der Waals surface area contributed by atoms with Gasteiger partial charge in [0.05, 0.1) is 0 Å². The maximum Gasteiger partial charge on any atom is 0.248 e. The second-order valence-electron chi connectivity index (χ2n) is 4.83. The number of nitrogens with two attached hydrogens (primary N) is 1. The molecule has 0 saturated heterocycles. The van der Waals surface area contributed by atoms with Crippen LogP contribution in [0.25, 0.3) is 0 Å². The quantitative estimate of drug-likeness (QED) is 0.788. The summed E-state index contributed by atoms with van der Waals surface area (Å²) in [5.41, 5.74) is 6.97. The zero-order valence-corrected chi connectivity index (χ0v) is 10.3. The highest BCUT2D eigenvalue weighted by atomic mass is 16.1. The molecular formula is C14H20N2O. The molecule has 2 atom stereocenters. The van der Waals surface area contributed by atoms with E-state index in [1.54, 1.807) is 12.1 Å². The molecule has 1 fully saturated rings. The van der Waals surface area contributed by atoms with Crippen molar-refractivity contribution in [1.29, 1.82) is 0 Å². The average Bonchev–Trinajstić information content (AvgIpc) is 3.06. The van der Waals surface area contributed by atoms with Crippen molar-refractivity contribution in [2.45, 2.75) is 38.8 Å². The van der Waals surface area contributed by atoms with Crippen LogP contribution in [0.2, 0.25) is 0 Å². The first-order chi connectivity index (χ1) is 8.20. The molecule has 1 aromatic rings. The monoisotopic (exact) mass is 232 g/mol. The smallest absolute Gasteiger partial charge is 0.248 e. The molecule has 0 bridgehead atoms. The van der Waals surface area contributed by atoms with Gasteiger partial charge in [0.15, 0.2) is 0 Å². The van der Waals surface area contributed by atoms with Gasteiger partial charge in [-0.05, 0) is 36.5 Å². The minimum Gasteiger partial charge on any atom is -0.366 e. The summed E-state index contributed by atoms with van der Waals surface area (Å²) in [6.07, 6.45) is 3.92. The number of rotatable bonds is 6. The minimum atomic E-state index is -0.366. The molecule has 0 heterocycles. The zero-order valence-electron chi connectivity index (χ0n) is 10.3. The molecule has 0 aromatic heterocycles. The van der Waals surface area contributed by atoms with E-state index in [-0.39, 0.29) is 5.91 Å². The molecule has 1 saturated carbocycles. The molecule has 0 radical (unpaired) electrons. The summed E-state index contributed by atoms with van der Waals surface area (Å²) in [5, 5.41) is 3.54. The predicted octanol–water partition coefficient (Wildman–Crippen LogP) is 2.06. The van der Waals surface area contributed by atoms with Crippen LogP contribution >= 0.6 is 0 Å². The molecule has 3 heteroatoms. The first kappa shape index (κ1) is 12.1. The number of carbonyl (C=O) groups is 1. The van der Waals surface area contributed by atoms with E-state index < -0.39 is 0 Å². The Kier molecular flexibility index (Phi) is 3.79. The minimum absolute atomic E-state index is 0.366. The lowest BCUT2D eigenvalue weighted by Crippen LogP contribution is -2.18. The Morgan fingerprint density at radius 2 is 2.12 bits per heavy atom. The van der Waals surface area contributed by atoms with Gasteiger partial charge in [-0.3, -0.25) is 4.79 Å². The highest BCUT2D eigenvalue weighted by Crippen LogP contribution is 2.34. The highest BCUT2D eigenvalue weighted by molar-refractivity contribution is 5.92. The van der Waals surface area contributed by atoms with E-state index in [1.165, 1.54) is 24.8 Å². The molecule has 0 aliphatic heterocycles. The Morgan fingerprint density at radius 3 is 2.71 bits per heavy atom. The van der Waals surface area contributed by atoms with Gasteiger partial charge in [-0.1, -0.05) is 25.5 Å². The molecule has 17 heavy (non-hydrogen) atoms. The van der Waals surface area contributed by atoms with Gasteiger partial charge in [0, 0.05) is 18.2 Å². The van der Waals surface area contributed by atoms with E-state index in [0.29, 0.717) is 11.6 Å². The number of hydrogen-bond acceptors (Lipinski definition) is 2. The van der Waals surface area contributed by atoms with Crippen molar-refractivity contribution in [3.8, 4) is 0 Å². The lowest BCUT2D eigenvalue weighted by atomic mass is 10.1. The first-order valence-electron chi connectivity index (χ1n) is 6.33. The molecule has 92 valence electrons. The van der Waals surface area contributed by atoms with Crippen LogP contribution in [0.1, 0.15) is 42.1 Å². The molecule has 1 amide bonds. The van der Waals surface area contributed by atoms with E-state index in [1.807, 2.05) is 12.1 Å². The van der Waals surface area contributed by atoms with Crippen LogP contribution in [0, 0.1) is 5.92 Å². The third-order valence-electron chi connectivity index (χ3n) is 3.39. The van der Waals surface area contributed by atoms with E-state index in [2.05, 4.69) is 12.2 Å². The number of carbonyl (C=O) groups excluding carboxylic acids is 1. The second kappa shape index (κ2) is 5.32. The van der Waals surface area contributed by atoms with Crippen LogP contribution in [0.15, 0.2) is 24.3 Å². The standard InChI is InChI=1S/C14H20N2O/c1-2-3-12-8-13(12)16-9-10-4-6-11(7-5-10)14(15)17/h4-7,12-13,16H,2-3,8-9H2,1H3,(H2,15,17). The Labute approximate surface area is 102 Å². The molecule has 2 unspecified atom stereocenters. The van der Waals surface area contributed by atoms with Crippen LogP contribution in [-0.4, -0.2) is 11.9 Å². The summed E-state index contributed by atoms with van der Waals surface area (Å²) in [6, 6.07) is 8.20. The molecule has 3 nitrogen and oxygen atoms in total. The lowest BCUT2D eigenvalue weighted by molar-refractivity contribution is 0.100. The van der Waals surface area contributed by atoms with Crippen LogP contribution in [0.4, 0.5) is 0 Å². The third-order valence-corrected chi connectivity index (χ3v) is 3.39. The number of primary amides is 1. The van der Waals surface area contributed by atoms with E-state index in [4.69, 9.17) is 5.73 Å². The van der Waals surface area contributed by atoms with Crippen LogP contribution in [0.3, 0.4) is 0 Å². The van der Waals surface area contributed by atoms with Gasteiger partial charge >= 0.3 is 0 Å². The van der Waals surface area contributed by atoms with Gasteiger partial charge in [0.2, 0.25) is 5.91 Å². The summed E-state index contributed by atoms with van der Waals surface area (Å²) in [5.74, 6) is 0.514. The van der Waals surface area contributed by atoms with Crippen molar-refractivity contribution in [3.63, 3.8) is 0 Å². The summed E-state index contributed by atoms with van der Waals surface area (Å²) < 4.78 is 0. The van der Waals surface area contributed by atoms with Crippen LogP contribution in [0.5, 0.6) is 0 Å². The van der Waals surface area contributed by atoms with Crippen molar-refractivity contribution in [2.75, 3.05) is 0 Å². The fourth-order valence-corrected chi connectivity index (χ4v) is 2.22. The van der Waals surface area contributed by atoms with Crippen LogP contribution < -0.4 is 11.1 Å². The lowest BCUT2D eigenvalue weighted by Gasteiger charge is -2.04. The first-order valence-corrected chi connectivity index (χ1v) is 6.33. The van der Waals surface area contributed by atoms with Crippen molar-refractivity contribution in [1.82, 2.24) is 5.32 Å². The molecule has 1 aliphatic carbocycles. The van der Waals surface area contributed by atoms with E-state index in [0.717, 1.165) is 12.5 Å². The highest BCUT2D eigenvalue weighted by Gasteiger charge is 2.35. The SMILES string of the molecule is CCCC1CC1NCc1ccc(C(N)=O)cc1. The molecule has 3 N–H and O–H groups in total. The third kappa shape index (κ3) is 3.30. The van der Waals surface area contributed by atoms with E-state index >= 15 is 0 Å². The number of hydrogen-bond donors (Lipinski definition) is 2. The van der Waals surface area contributed by atoms with Gasteiger partial charge in [-0.15, -0.1) is 0 Å². The molecular weight excluding hydrogens is 212 g/mol. The topological polar surface area (TPSA) is 55.1 Å². The summed E-state index contributed by atoms with van der Waals surface area (Å²) in [6.45, 7) is 3.11. The second-order valence-corrected chi connectivity index (χ2v) is 4.83. The molecule has 2 rings (SSSR count). The van der Waals surface area contributed by atoms with Crippen molar-refractivity contribution in [3.05, 3.63) is 35.4 Å². The van der Waals surface area contributed by atoms with Gasteiger partial charge < -0.3 is 11.1 Å². The number of amides is 1. The van der Waals surface area contributed by atoms with Gasteiger partial charge in [-0.25, -0.2) is 0 Å². The normalized spacial score (nSPS) is 22.4. The Morgan fingerprint density at radius 1 is 1.41 bits per heavy atom. The largest absolute Gasteiger partial charge is 0.366 e. The number of nitrogens with one attached hydrogen (secondary N) is 1. The Balaban J connectivity index is 1.78. The maximum atomic E-state index is 10.9.